The Balaban J connectivity index is 3.38. The van der Waals surface area contributed by atoms with Gasteiger partial charge in [-0.2, -0.15) is 0 Å². The van der Waals surface area contributed by atoms with Crippen molar-refractivity contribution in [3.05, 3.63) is 23.8 Å². The van der Waals surface area contributed by atoms with E-state index < -0.39 is 11.4 Å². The lowest BCUT2D eigenvalue weighted by Gasteiger charge is -2.39. The van der Waals surface area contributed by atoms with Crippen molar-refractivity contribution < 1.29 is 19.1 Å². The SMILES string of the molecule is C=C(C)[C@H]1CC=C(C)C(=O)[C@@]1(CCC=O)C(=O)OC. The maximum Gasteiger partial charge on any atom is 0.320 e. The van der Waals surface area contributed by atoms with Crippen LogP contribution in [0.5, 0.6) is 0 Å². The molecule has 0 fully saturated rings. The summed E-state index contributed by atoms with van der Waals surface area (Å²) >= 11 is 0. The van der Waals surface area contributed by atoms with Crippen molar-refractivity contribution in [2.24, 2.45) is 11.3 Å². The number of Topliss-reactive ketones (excluding diaryl/α,β-unsaturated/α-hetero) is 1. The van der Waals surface area contributed by atoms with Crippen molar-refractivity contribution in [2.45, 2.75) is 33.1 Å². The second-order valence-electron chi connectivity index (χ2n) is 5.02. The molecule has 2 atom stereocenters. The van der Waals surface area contributed by atoms with Crippen molar-refractivity contribution in [2.75, 3.05) is 7.11 Å². The Morgan fingerprint density at radius 3 is 2.74 bits per heavy atom. The first-order chi connectivity index (χ1) is 8.91. The van der Waals surface area contributed by atoms with Gasteiger partial charge in [-0.15, -0.1) is 0 Å². The summed E-state index contributed by atoms with van der Waals surface area (Å²) in [5.74, 6) is -1.13. The monoisotopic (exact) mass is 264 g/mol. The van der Waals surface area contributed by atoms with Gasteiger partial charge in [0.05, 0.1) is 7.11 Å². The largest absolute Gasteiger partial charge is 0.468 e. The van der Waals surface area contributed by atoms with Crippen LogP contribution in [0.2, 0.25) is 0 Å². The molecule has 0 aromatic rings. The second kappa shape index (κ2) is 5.95. The van der Waals surface area contributed by atoms with Gasteiger partial charge in [0.1, 0.15) is 11.7 Å². The van der Waals surface area contributed by atoms with E-state index >= 15 is 0 Å². The molecule has 0 bridgehead atoms. The molecule has 0 radical (unpaired) electrons. The van der Waals surface area contributed by atoms with E-state index in [4.69, 9.17) is 4.74 Å². The van der Waals surface area contributed by atoms with E-state index in [0.29, 0.717) is 12.0 Å². The Morgan fingerprint density at radius 1 is 1.63 bits per heavy atom. The van der Waals surface area contributed by atoms with Gasteiger partial charge in [0, 0.05) is 12.3 Å². The van der Waals surface area contributed by atoms with Crippen molar-refractivity contribution in [3.8, 4) is 0 Å². The summed E-state index contributed by atoms with van der Waals surface area (Å²) in [4.78, 5) is 35.4. The minimum absolute atomic E-state index is 0.151. The van der Waals surface area contributed by atoms with E-state index in [1.165, 1.54) is 7.11 Å². The molecular weight excluding hydrogens is 244 g/mol. The standard InChI is InChI=1S/C15H20O4/c1-10(2)12-7-6-11(3)13(17)15(12,8-5-9-16)14(18)19-4/h6,9,12H,1,5,7-8H2,2-4H3/t12-,15+/m1/s1. The molecule has 1 aliphatic rings. The summed E-state index contributed by atoms with van der Waals surface area (Å²) in [5, 5.41) is 0. The Bertz CT molecular complexity index is 447. The Hall–Kier alpha value is -1.71. The highest BCUT2D eigenvalue weighted by molar-refractivity contribution is 6.13. The van der Waals surface area contributed by atoms with Gasteiger partial charge >= 0.3 is 5.97 Å². The zero-order valence-corrected chi connectivity index (χ0v) is 11.7. The van der Waals surface area contributed by atoms with Crippen LogP contribution in [0.1, 0.15) is 33.1 Å². The molecule has 0 N–H and O–H groups in total. The molecule has 0 aliphatic heterocycles. The molecule has 1 aliphatic carbocycles. The molecule has 0 spiro atoms. The first kappa shape index (κ1) is 15.3. The van der Waals surface area contributed by atoms with Crippen LogP contribution in [0, 0.1) is 11.3 Å². The lowest BCUT2D eigenvalue weighted by Crippen LogP contribution is -2.49. The fraction of sp³-hybridized carbons (Fsp3) is 0.533. The fourth-order valence-electron chi connectivity index (χ4n) is 2.81. The van der Waals surface area contributed by atoms with Crippen molar-refractivity contribution in [3.63, 3.8) is 0 Å². The van der Waals surface area contributed by atoms with Crippen LogP contribution >= 0.6 is 0 Å². The number of hydrogen-bond acceptors (Lipinski definition) is 4. The average Bonchev–Trinajstić information content (AvgIpc) is 2.39. The molecule has 4 heteroatoms. The highest BCUT2D eigenvalue weighted by Crippen LogP contribution is 2.45. The van der Waals surface area contributed by atoms with Crippen LogP contribution in [-0.4, -0.2) is 25.1 Å². The first-order valence-electron chi connectivity index (χ1n) is 6.30. The van der Waals surface area contributed by atoms with E-state index in [2.05, 4.69) is 6.58 Å². The maximum atomic E-state index is 12.5. The van der Waals surface area contributed by atoms with E-state index in [0.717, 1.165) is 11.9 Å². The smallest absolute Gasteiger partial charge is 0.320 e. The third-order valence-electron chi connectivity index (χ3n) is 3.82. The normalized spacial score (nSPS) is 26.6. The molecule has 0 aromatic heterocycles. The Kier molecular flexibility index (Phi) is 4.81. The number of carbonyl (C=O) groups excluding carboxylic acids is 3. The highest BCUT2D eigenvalue weighted by atomic mass is 16.5. The molecular formula is C15H20O4. The molecule has 4 nitrogen and oxygen atoms in total. The third kappa shape index (κ3) is 2.53. The molecule has 0 unspecified atom stereocenters. The lowest BCUT2D eigenvalue weighted by molar-refractivity contribution is -0.161. The molecule has 104 valence electrons. The number of methoxy groups -OCH3 is 1. The van der Waals surface area contributed by atoms with Gasteiger partial charge in [0.2, 0.25) is 0 Å². The zero-order chi connectivity index (χ0) is 14.6. The van der Waals surface area contributed by atoms with Gasteiger partial charge in [0.15, 0.2) is 5.78 Å². The van der Waals surface area contributed by atoms with E-state index in [1.807, 2.05) is 6.08 Å². The maximum absolute atomic E-state index is 12.5. The molecule has 19 heavy (non-hydrogen) atoms. The van der Waals surface area contributed by atoms with Crippen LogP contribution in [0.4, 0.5) is 0 Å². The van der Waals surface area contributed by atoms with Crippen LogP contribution in [0.25, 0.3) is 0 Å². The van der Waals surface area contributed by atoms with Gasteiger partial charge in [-0.05, 0) is 32.3 Å². The molecule has 0 saturated carbocycles. The number of ether oxygens (including phenoxy) is 1. The minimum atomic E-state index is -1.29. The van der Waals surface area contributed by atoms with Crippen LogP contribution < -0.4 is 0 Å². The van der Waals surface area contributed by atoms with Gasteiger partial charge in [-0.1, -0.05) is 18.2 Å². The van der Waals surface area contributed by atoms with E-state index in [1.54, 1.807) is 13.8 Å². The summed E-state index contributed by atoms with van der Waals surface area (Å²) < 4.78 is 4.85. The number of rotatable bonds is 5. The van der Waals surface area contributed by atoms with Crippen molar-refractivity contribution in [1.29, 1.82) is 0 Å². The number of hydrogen-bond donors (Lipinski definition) is 0. The predicted molar refractivity (Wildman–Crippen MR) is 71.4 cm³/mol. The lowest BCUT2D eigenvalue weighted by atomic mass is 9.61. The summed E-state index contributed by atoms with van der Waals surface area (Å²) in [6, 6.07) is 0. The van der Waals surface area contributed by atoms with E-state index in [-0.39, 0.29) is 24.5 Å². The second-order valence-corrected chi connectivity index (χ2v) is 5.02. The summed E-state index contributed by atoms with van der Waals surface area (Å²) in [5.41, 5.74) is 0.0162. The summed E-state index contributed by atoms with van der Waals surface area (Å²) in [6.07, 6.45) is 3.44. The predicted octanol–water partition coefficient (Wildman–Crippen LogP) is 2.24. The molecule has 0 amide bonds. The van der Waals surface area contributed by atoms with Gasteiger partial charge in [-0.25, -0.2) is 0 Å². The van der Waals surface area contributed by atoms with Gasteiger partial charge in [0.25, 0.3) is 0 Å². The number of aldehydes is 1. The quantitative estimate of drug-likeness (QED) is 0.331. The topological polar surface area (TPSA) is 60.4 Å². The Morgan fingerprint density at radius 2 is 2.26 bits per heavy atom. The number of ketones is 1. The van der Waals surface area contributed by atoms with Gasteiger partial charge < -0.3 is 9.53 Å². The molecule has 0 aromatic carbocycles. The van der Waals surface area contributed by atoms with Crippen LogP contribution in [0.15, 0.2) is 23.8 Å². The Labute approximate surface area is 113 Å². The number of allylic oxidation sites excluding steroid dienone is 3. The van der Waals surface area contributed by atoms with Crippen molar-refractivity contribution >= 4 is 18.0 Å². The molecule has 1 rings (SSSR count). The first-order valence-corrected chi connectivity index (χ1v) is 6.30. The summed E-state index contributed by atoms with van der Waals surface area (Å²) in [6.45, 7) is 7.37. The zero-order valence-electron chi connectivity index (χ0n) is 11.7. The van der Waals surface area contributed by atoms with Crippen molar-refractivity contribution in [1.82, 2.24) is 0 Å². The molecule has 0 heterocycles. The minimum Gasteiger partial charge on any atom is -0.468 e. The fourth-order valence-corrected chi connectivity index (χ4v) is 2.81. The third-order valence-corrected chi connectivity index (χ3v) is 3.82. The average molecular weight is 264 g/mol. The highest BCUT2D eigenvalue weighted by Gasteiger charge is 2.54. The summed E-state index contributed by atoms with van der Waals surface area (Å²) in [7, 11) is 1.27. The number of carbonyl (C=O) groups is 3. The number of esters is 1. The van der Waals surface area contributed by atoms with Crippen LogP contribution in [-0.2, 0) is 19.1 Å². The van der Waals surface area contributed by atoms with E-state index in [9.17, 15) is 14.4 Å². The van der Waals surface area contributed by atoms with Gasteiger partial charge in [-0.3, -0.25) is 9.59 Å². The van der Waals surface area contributed by atoms with Crippen LogP contribution in [0.3, 0.4) is 0 Å². The molecule has 0 saturated heterocycles.